The number of nitrogens with zero attached hydrogens (tertiary/aromatic N) is 1. The van der Waals surface area contributed by atoms with Gasteiger partial charge >= 0.3 is 5.69 Å². The zero-order valence-electron chi connectivity index (χ0n) is 11.6. The molecule has 0 aliphatic heterocycles. The first-order valence-corrected chi connectivity index (χ1v) is 6.98. The van der Waals surface area contributed by atoms with Gasteiger partial charge < -0.3 is 5.32 Å². The standard InChI is InChI=1S/C15H17FN2O3/c16-13-7-6-12(10-14(13)18(20)21)15(19)17-9-8-11-4-2-1-3-5-11/h4,6-7,10H,1-3,5,8-9H2,(H,17,19). The number of hydrogen-bond acceptors (Lipinski definition) is 3. The quantitative estimate of drug-likeness (QED) is 0.514. The minimum absolute atomic E-state index is 0.0979. The van der Waals surface area contributed by atoms with E-state index in [1.807, 2.05) is 0 Å². The maximum atomic E-state index is 13.2. The van der Waals surface area contributed by atoms with Crippen molar-refractivity contribution in [3.05, 3.63) is 51.3 Å². The van der Waals surface area contributed by atoms with Gasteiger partial charge in [0, 0.05) is 18.2 Å². The van der Waals surface area contributed by atoms with Crippen LogP contribution < -0.4 is 5.32 Å². The summed E-state index contributed by atoms with van der Waals surface area (Å²) in [7, 11) is 0. The molecule has 1 aromatic rings. The summed E-state index contributed by atoms with van der Waals surface area (Å²) in [5, 5.41) is 13.4. The Morgan fingerprint density at radius 1 is 1.38 bits per heavy atom. The summed E-state index contributed by atoms with van der Waals surface area (Å²) in [5.74, 6) is -1.36. The van der Waals surface area contributed by atoms with Crippen molar-refractivity contribution < 1.29 is 14.1 Å². The van der Waals surface area contributed by atoms with Crippen LogP contribution in [0.5, 0.6) is 0 Å². The SMILES string of the molecule is O=C(NCCC1=CCCCC1)c1ccc(F)c([N+](=O)[O-])c1. The lowest BCUT2D eigenvalue weighted by Gasteiger charge is -2.12. The molecular formula is C15H17FN2O3. The van der Waals surface area contributed by atoms with Crippen molar-refractivity contribution in [2.75, 3.05) is 6.54 Å². The highest BCUT2D eigenvalue weighted by Crippen LogP contribution is 2.20. The van der Waals surface area contributed by atoms with Gasteiger partial charge in [-0.3, -0.25) is 14.9 Å². The number of carbonyl (C=O) groups excluding carboxylic acids is 1. The number of carbonyl (C=O) groups is 1. The molecule has 21 heavy (non-hydrogen) atoms. The molecule has 0 heterocycles. The van der Waals surface area contributed by atoms with Crippen LogP contribution in [0.3, 0.4) is 0 Å². The van der Waals surface area contributed by atoms with Gasteiger partial charge in [0.15, 0.2) is 0 Å². The molecule has 1 N–H and O–H groups in total. The molecule has 0 aromatic heterocycles. The Kier molecular flexibility index (Phi) is 5.03. The summed E-state index contributed by atoms with van der Waals surface area (Å²) in [6.07, 6.45) is 7.55. The highest BCUT2D eigenvalue weighted by Gasteiger charge is 2.17. The highest BCUT2D eigenvalue weighted by molar-refractivity contribution is 5.94. The van der Waals surface area contributed by atoms with Crippen molar-refractivity contribution in [3.63, 3.8) is 0 Å². The van der Waals surface area contributed by atoms with E-state index < -0.39 is 22.3 Å². The number of nitro benzene ring substituents is 1. The van der Waals surface area contributed by atoms with Gasteiger partial charge in [0.25, 0.3) is 5.91 Å². The number of nitro groups is 1. The monoisotopic (exact) mass is 292 g/mol. The minimum Gasteiger partial charge on any atom is -0.352 e. The molecule has 1 aromatic carbocycles. The van der Waals surface area contributed by atoms with Crippen molar-refractivity contribution in [1.29, 1.82) is 0 Å². The second-order valence-electron chi connectivity index (χ2n) is 5.04. The van der Waals surface area contributed by atoms with E-state index in [9.17, 15) is 19.3 Å². The van der Waals surface area contributed by atoms with Crippen molar-refractivity contribution in [1.82, 2.24) is 5.32 Å². The fourth-order valence-electron chi connectivity index (χ4n) is 2.36. The molecule has 6 heteroatoms. The normalized spacial score (nSPS) is 14.4. The molecule has 2 rings (SSSR count). The van der Waals surface area contributed by atoms with Crippen LogP contribution in [0.4, 0.5) is 10.1 Å². The molecule has 0 atom stereocenters. The molecule has 0 bridgehead atoms. The van der Waals surface area contributed by atoms with Crippen molar-refractivity contribution in [3.8, 4) is 0 Å². The number of amides is 1. The Balaban J connectivity index is 1.92. The van der Waals surface area contributed by atoms with Crippen LogP contribution in [0.1, 0.15) is 42.5 Å². The van der Waals surface area contributed by atoms with Crippen LogP contribution in [0.15, 0.2) is 29.8 Å². The lowest BCUT2D eigenvalue weighted by molar-refractivity contribution is -0.387. The van der Waals surface area contributed by atoms with Gasteiger partial charge in [-0.2, -0.15) is 4.39 Å². The van der Waals surface area contributed by atoms with Crippen molar-refractivity contribution >= 4 is 11.6 Å². The first-order valence-electron chi connectivity index (χ1n) is 6.98. The maximum absolute atomic E-state index is 13.2. The van der Waals surface area contributed by atoms with Crippen LogP contribution in [-0.4, -0.2) is 17.4 Å². The van der Waals surface area contributed by atoms with Gasteiger partial charge in [-0.1, -0.05) is 11.6 Å². The van der Waals surface area contributed by atoms with Gasteiger partial charge in [-0.05, 0) is 44.2 Å². The molecule has 5 nitrogen and oxygen atoms in total. The van der Waals surface area contributed by atoms with Crippen molar-refractivity contribution in [2.24, 2.45) is 0 Å². The highest BCUT2D eigenvalue weighted by atomic mass is 19.1. The maximum Gasteiger partial charge on any atom is 0.305 e. The Hall–Kier alpha value is -2.24. The van der Waals surface area contributed by atoms with E-state index in [-0.39, 0.29) is 5.56 Å². The number of nitrogens with one attached hydrogen (secondary N) is 1. The molecule has 1 amide bonds. The second kappa shape index (κ2) is 6.97. The smallest absolute Gasteiger partial charge is 0.305 e. The summed E-state index contributed by atoms with van der Waals surface area (Å²) in [6.45, 7) is 0.482. The molecule has 0 saturated heterocycles. The Labute approximate surface area is 122 Å². The summed E-state index contributed by atoms with van der Waals surface area (Å²) in [4.78, 5) is 21.7. The molecule has 0 unspecified atom stereocenters. The van der Waals surface area contributed by atoms with Crippen LogP contribution >= 0.6 is 0 Å². The lowest BCUT2D eigenvalue weighted by Crippen LogP contribution is -2.25. The largest absolute Gasteiger partial charge is 0.352 e. The zero-order valence-corrected chi connectivity index (χ0v) is 11.6. The van der Waals surface area contributed by atoms with E-state index in [0.717, 1.165) is 31.4 Å². The summed E-state index contributed by atoms with van der Waals surface area (Å²) >= 11 is 0. The summed E-state index contributed by atoms with van der Waals surface area (Å²) < 4.78 is 13.2. The fraction of sp³-hybridized carbons (Fsp3) is 0.400. The third-order valence-corrected chi connectivity index (χ3v) is 3.52. The topological polar surface area (TPSA) is 72.2 Å². The number of benzene rings is 1. The Bertz CT molecular complexity index is 584. The number of hydrogen-bond donors (Lipinski definition) is 1. The van der Waals surface area contributed by atoms with E-state index in [4.69, 9.17) is 0 Å². The predicted octanol–water partition coefficient (Wildman–Crippen LogP) is 3.35. The molecule has 1 aliphatic rings. The summed E-state index contributed by atoms with van der Waals surface area (Å²) in [5.41, 5.74) is 0.755. The second-order valence-corrected chi connectivity index (χ2v) is 5.04. The van der Waals surface area contributed by atoms with E-state index in [2.05, 4.69) is 11.4 Å². The third kappa shape index (κ3) is 4.11. The molecule has 0 spiro atoms. The van der Waals surface area contributed by atoms with Crippen LogP contribution in [0.2, 0.25) is 0 Å². The lowest BCUT2D eigenvalue weighted by atomic mass is 9.97. The van der Waals surface area contributed by atoms with Crippen molar-refractivity contribution in [2.45, 2.75) is 32.1 Å². The number of rotatable bonds is 5. The first-order chi connectivity index (χ1) is 10.1. The first kappa shape index (κ1) is 15.2. The van der Waals surface area contributed by atoms with E-state index in [0.29, 0.717) is 6.54 Å². The Morgan fingerprint density at radius 2 is 2.19 bits per heavy atom. The average Bonchev–Trinajstić information content (AvgIpc) is 2.48. The van der Waals surface area contributed by atoms with E-state index >= 15 is 0 Å². The van der Waals surface area contributed by atoms with Gasteiger partial charge in [0.1, 0.15) is 0 Å². The molecule has 0 saturated carbocycles. The molecule has 0 radical (unpaired) electrons. The molecule has 112 valence electrons. The Morgan fingerprint density at radius 3 is 2.86 bits per heavy atom. The molecular weight excluding hydrogens is 275 g/mol. The van der Waals surface area contributed by atoms with Gasteiger partial charge in [0.2, 0.25) is 5.82 Å². The zero-order chi connectivity index (χ0) is 15.2. The molecule has 1 aliphatic carbocycles. The van der Waals surface area contributed by atoms with Crippen LogP contribution in [-0.2, 0) is 0 Å². The van der Waals surface area contributed by atoms with E-state index in [1.54, 1.807) is 0 Å². The minimum atomic E-state index is -0.941. The summed E-state index contributed by atoms with van der Waals surface area (Å²) in [6, 6.07) is 3.15. The molecule has 0 fully saturated rings. The third-order valence-electron chi connectivity index (χ3n) is 3.52. The van der Waals surface area contributed by atoms with Crippen LogP contribution in [0.25, 0.3) is 0 Å². The number of allylic oxidation sites excluding steroid dienone is 1. The van der Waals surface area contributed by atoms with E-state index in [1.165, 1.54) is 24.5 Å². The number of halogens is 1. The van der Waals surface area contributed by atoms with Gasteiger partial charge in [0.05, 0.1) is 4.92 Å². The average molecular weight is 292 g/mol. The fourth-order valence-corrected chi connectivity index (χ4v) is 2.36. The van der Waals surface area contributed by atoms with Gasteiger partial charge in [-0.15, -0.1) is 0 Å². The van der Waals surface area contributed by atoms with Crippen LogP contribution in [0, 0.1) is 15.9 Å². The predicted molar refractivity (Wildman–Crippen MR) is 76.6 cm³/mol. The van der Waals surface area contributed by atoms with Gasteiger partial charge in [-0.25, -0.2) is 0 Å².